The van der Waals surface area contributed by atoms with Crippen LogP contribution in [-0.2, 0) is 4.79 Å². The van der Waals surface area contributed by atoms with E-state index in [1.807, 2.05) is 90.7 Å². The number of nitrogens with zero attached hydrogens (tertiary/aromatic N) is 4. The number of hydrogen-bond donors (Lipinski definition) is 0. The molecule has 0 radical (unpaired) electrons. The average molecular weight is 525 g/mol. The van der Waals surface area contributed by atoms with Crippen molar-refractivity contribution in [2.45, 2.75) is 39.2 Å². The molecule has 2 atom stereocenters. The first-order chi connectivity index (χ1) is 19.0. The summed E-state index contributed by atoms with van der Waals surface area (Å²) in [5, 5.41) is 0.571. The summed E-state index contributed by atoms with van der Waals surface area (Å²) in [6, 6.07) is 25.0. The van der Waals surface area contributed by atoms with Crippen LogP contribution in [0.15, 0.2) is 83.7 Å². The second-order valence-electron chi connectivity index (χ2n) is 9.94. The largest absolute Gasteiger partial charge is 0.492 e. The zero-order chi connectivity index (χ0) is 27.4. The van der Waals surface area contributed by atoms with Gasteiger partial charge in [0.05, 0.1) is 35.2 Å². The maximum Gasteiger partial charge on any atom is 0.266 e. The topological polar surface area (TPSA) is 67.7 Å². The summed E-state index contributed by atoms with van der Waals surface area (Å²) in [5.74, 6) is 1.37. The molecule has 4 aromatic rings. The molecule has 2 heterocycles. The Labute approximate surface area is 229 Å². The molecule has 3 aromatic carbocycles. The monoisotopic (exact) mass is 524 g/mol. The van der Waals surface area contributed by atoms with Gasteiger partial charge in [-0.25, -0.2) is 4.98 Å². The van der Waals surface area contributed by atoms with Crippen molar-refractivity contribution in [3.63, 3.8) is 0 Å². The van der Waals surface area contributed by atoms with Gasteiger partial charge in [0.15, 0.2) is 0 Å². The molecule has 0 aliphatic carbocycles. The van der Waals surface area contributed by atoms with Gasteiger partial charge in [0, 0.05) is 26.2 Å². The van der Waals surface area contributed by atoms with E-state index in [1.54, 1.807) is 4.57 Å². The van der Waals surface area contributed by atoms with Crippen LogP contribution in [0.1, 0.15) is 50.5 Å². The highest BCUT2D eigenvalue weighted by Crippen LogP contribution is 2.29. The first kappa shape index (κ1) is 26.6. The molecule has 0 spiro atoms. The van der Waals surface area contributed by atoms with Gasteiger partial charge in [0.25, 0.3) is 5.56 Å². The molecule has 0 bridgehead atoms. The number of aromatic nitrogens is 2. The van der Waals surface area contributed by atoms with Crippen molar-refractivity contribution < 1.29 is 9.53 Å². The molecular weight excluding hydrogens is 488 g/mol. The zero-order valence-electron chi connectivity index (χ0n) is 22.9. The minimum absolute atomic E-state index is 0.114. The van der Waals surface area contributed by atoms with Crippen LogP contribution in [0.2, 0.25) is 0 Å². The molecule has 1 aromatic heterocycles. The summed E-state index contributed by atoms with van der Waals surface area (Å²) in [5.41, 5.74) is 2.32. The third kappa shape index (κ3) is 5.32. The minimum atomic E-state index is -0.148. The molecular formula is C32H36N4O3. The second-order valence-corrected chi connectivity index (χ2v) is 9.94. The van der Waals surface area contributed by atoms with Crippen molar-refractivity contribution in [2.24, 2.45) is 0 Å². The Hall–Kier alpha value is -3.97. The third-order valence-corrected chi connectivity index (χ3v) is 7.66. The van der Waals surface area contributed by atoms with Crippen LogP contribution < -0.4 is 10.3 Å². The SMILES string of the molecule is CCOc1ccccc1-n1c(C(C)N2CCN(C(=O)C(CC)c3ccccc3)CC2)nc2ccccc2c1=O. The molecule has 1 fully saturated rings. The van der Waals surface area contributed by atoms with E-state index in [4.69, 9.17) is 9.72 Å². The zero-order valence-corrected chi connectivity index (χ0v) is 22.9. The Balaban J connectivity index is 1.44. The lowest BCUT2D eigenvalue weighted by molar-refractivity contribution is -0.135. The molecule has 39 heavy (non-hydrogen) atoms. The highest BCUT2D eigenvalue weighted by atomic mass is 16.5. The lowest BCUT2D eigenvalue weighted by Gasteiger charge is -2.39. The predicted octanol–water partition coefficient (Wildman–Crippen LogP) is 5.18. The van der Waals surface area contributed by atoms with Gasteiger partial charge in [-0.05, 0) is 50.1 Å². The Morgan fingerprint density at radius 1 is 0.897 bits per heavy atom. The average Bonchev–Trinajstić information content (AvgIpc) is 2.98. The van der Waals surface area contributed by atoms with E-state index in [9.17, 15) is 9.59 Å². The van der Waals surface area contributed by atoms with Crippen molar-refractivity contribution in [1.82, 2.24) is 19.4 Å². The first-order valence-electron chi connectivity index (χ1n) is 13.8. The van der Waals surface area contributed by atoms with Crippen LogP contribution in [0.25, 0.3) is 16.6 Å². The van der Waals surface area contributed by atoms with Gasteiger partial charge >= 0.3 is 0 Å². The lowest BCUT2D eigenvalue weighted by atomic mass is 9.94. The molecule has 7 nitrogen and oxygen atoms in total. The number of benzene rings is 3. The minimum Gasteiger partial charge on any atom is -0.492 e. The molecule has 202 valence electrons. The highest BCUT2D eigenvalue weighted by Gasteiger charge is 2.31. The molecule has 1 amide bonds. The smallest absolute Gasteiger partial charge is 0.266 e. The summed E-state index contributed by atoms with van der Waals surface area (Å²) >= 11 is 0. The standard InChI is InChI=1S/C32H36N4O3/c1-4-25(24-13-7-6-8-14-24)31(37)35-21-19-34(20-22-35)23(3)30-33-27-16-10-9-15-26(27)32(38)36(30)28-17-11-12-18-29(28)39-5-2/h6-18,23,25H,4-5,19-22H2,1-3H3. The Morgan fingerprint density at radius 3 is 2.28 bits per heavy atom. The van der Waals surface area contributed by atoms with Crippen molar-refractivity contribution in [3.8, 4) is 11.4 Å². The molecule has 5 rings (SSSR count). The van der Waals surface area contributed by atoms with Gasteiger partial charge < -0.3 is 9.64 Å². The number of fused-ring (bicyclic) bond motifs is 1. The van der Waals surface area contributed by atoms with E-state index in [0.29, 0.717) is 61.0 Å². The predicted molar refractivity (Wildman–Crippen MR) is 155 cm³/mol. The summed E-state index contributed by atoms with van der Waals surface area (Å²) in [6.07, 6.45) is 0.770. The van der Waals surface area contributed by atoms with E-state index in [-0.39, 0.29) is 23.4 Å². The van der Waals surface area contributed by atoms with Crippen LogP contribution in [0.4, 0.5) is 0 Å². The number of rotatable bonds is 8. The van der Waals surface area contributed by atoms with Gasteiger partial charge in [-0.15, -0.1) is 0 Å². The summed E-state index contributed by atoms with van der Waals surface area (Å²) in [4.78, 5) is 36.6. The highest BCUT2D eigenvalue weighted by molar-refractivity contribution is 5.84. The third-order valence-electron chi connectivity index (χ3n) is 7.66. The number of piperazine rings is 1. The van der Waals surface area contributed by atoms with Gasteiger partial charge in [-0.2, -0.15) is 0 Å². The molecule has 0 N–H and O–H groups in total. The first-order valence-corrected chi connectivity index (χ1v) is 13.8. The number of ether oxygens (including phenoxy) is 1. The summed E-state index contributed by atoms with van der Waals surface area (Å²) < 4.78 is 7.61. The van der Waals surface area contributed by atoms with Crippen molar-refractivity contribution in [2.75, 3.05) is 32.8 Å². The molecule has 7 heteroatoms. The van der Waals surface area contributed by atoms with Gasteiger partial charge in [-0.1, -0.05) is 61.5 Å². The second kappa shape index (κ2) is 11.8. The lowest BCUT2D eigenvalue weighted by Crippen LogP contribution is -2.51. The van der Waals surface area contributed by atoms with Crippen molar-refractivity contribution >= 4 is 16.8 Å². The van der Waals surface area contributed by atoms with Crippen LogP contribution in [0, 0.1) is 0 Å². The molecule has 1 saturated heterocycles. The van der Waals surface area contributed by atoms with E-state index >= 15 is 0 Å². The summed E-state index contributed by atoms with van der Waals surface area (Å²) in [6.45, 7) is 9.27. The van der Waals surface area contributed by atoms with E-state index in [0.717, 1.165) is 12.0 Å². The molecule has 2 unspecified atom stereocenters. The van der Waals surface area contributed by atoms with Gasteiger partial charge in [0.2, 0.25) is 5.91 Å². The van der Waals surface area contributed by atoms with Crippen LogP contribution in [0.3, 0.4) is 0 Å². The number of carbonyl (C=O) groups is 1. The van der Waals surface area contributed by atoms with Gasteiger partial charge in [0.1, 0.15) is 11.6 Å². The normalized spacial score (nSPS) is 15.7. The molecule has 0 saturated carbocycles. The van der Waals surface area contributed by atoms with Gasteiger partial charge in [-0.3, -0.25) is 19.1 Å². The fourth-order valence-corrected chi connectivity index (χ4v) is 5.53. The fraction of sp³-hybridized carbons (Fsp3) is 0.344. The molecule has 1 aliphatic heterocycles. The van der Waals surface area contributed by atoms with Crippen molar-refractivity contribution in [3.05, 3.63) is 101 Å². The van der Waals surface area contributed by atoms with Crippen LogP contribution in [0.5, 0.6) is 5.75 Å². The van der Waals surface area contributed by atoms with Crippen LogP contribution in [-0.4, -0.2) is 58.0 Å². The molecule has 1 aliphatic rings. The number of amides is 1. The number of para-hydroxylation sites is 3. The van der Waals surface area contributed by atoms with E-state index < -0.39 is 0 Å². The Bertz CT molecular complexity index is 1490. The number of hydrogen-bond acceptors (Lipinski definition) is 5. The van der Waals surface area contributed by atoms with E-state index in [2.05, 4.69) is 18.7 Å². The Kier molecular flexibility index (Phi) is 8.07. The van der Waals surface area contributed by atoms with Crippen molar-refractivity contribution in [1.29, 1.82) is 0 Å². The number of carbonyl (C=O) groups excluding carboxylic acids is 1. The Morgan fingerprint density at radius 2 is 1.56 bits per heavy atom. The maximum atomic E-state index is 13.9. The summed E-state index contributed by atoms with van der Waals surface area (Å²) in [7, 11) is 0. The van der Waals surface area contributed by atoms with Crippen LogP contribution >= 0.6 is 0 Å². The maximum absolute atomic E-state index is 13.9. The fourth-order valence-electron chi connectivity index (χ4n) is 5.53. The quantitative estimate of drug-likeness (QED) is 0.318. The van der Waals surface area contributed by atoms with E-state index in [1.165, 1.54) is 0 Å².